The van der Waals surface area contributed by atoms with Crippen LogP contribution < -0.4 is 5.84 Å². The van der Waals surface area contributed by atoms with E-state index < -0.39 is 0 Å². The molecule has 0 bridgehead atoms. The molecular weight excluding hydrogens is 154 g/mol. The van der Waals surface area contributed by atoms with E-state index in [0.29, 0.717) is 0 Å². The molecule has 0 amide bonds. The van der Waals surface area contributed by atoms with Crippen LogP contribution in [0.3, 0.4) is 0 Å². The summed E-state index contributed by atoms with van der Waals surface area (Å²) in [5, 5.41) is 0. The van der Waals surface area contributed by atoms with E-state index in [0.717, 1.165) is 0 Å². The van der Waals surface area contributed by atoms with E-state index in [1.807, 2.05) is 0 Å². The van der Waals surface area contributed by atoms with Crippen LogP contribution in [0.25, 0.3) is 0 Å². The van der Waals surface area contributed by atoms with E-state index in [2.05, 4.69) is 15.0 Å². The number of nitrogens with zero attached hydrogens (tertiary/aromatic N) is 4. The summed E-state index contributed by atoms with van der Waals surface area (Å²) in [6.45, 7) is 0. The second kappa shape index (κ2) is 4.84. The van der Waals surface area contributed by atoms with Crippen molar-refractivity contribution in [3.8, 4) is 0 Å². The van der Waals surface area contributed by atoms with Gasteiger partial charge in [-0.05, 0) is 6.07 Å². The van der Waals surface area contributed by atoms with Gasteiger partial charge in [0.15, 0.2) is 0 Å². The van der Waals surface area contributed by atoms with Gasteiger partial charge < -0.3 is 5.84 Å². The second-order valence-corrected chi connectivity index (χ2v) is 1.91. The number of rotatable bonds is 0. The Hall–Kier alpha value is -1.91. The fourth-order valence-corrected chi connectivity index (χ4v) is 0.523. The zero-order valence-corrected chi connectivity index (χ0v) is 6.41. The summed E-state index contributed by atoms with van der Waals surface area (Å²) >= 11 is 0. The van der Waals surface area contributed by atoms with Crippen LogP contribution in [-0.2, 0) is 0 Å². The number of nitrogens with two attached hydrogens (primary N) is 1. The molecule has 0 aliphatic carbocycles. The summed E-state index contributed by atoms with van der Waals surface area (Å²) in [5.74, 6) is 5.13. The van der Waals surface area contributed by atoms with Crippen LogP contribution in [0, 0.1) is 0 Å². The first kappa shape index (κ1) is 8.19. The van der Waals surface area contributed by atoms with E-state index in [4.69, 9.17) is 5.84 Å². The third kappa shape index (κ3) is 3.31. The van der Waals surface area contributed by atoms with Crippen molar-refractivity contribution >= 4 is 0 Å². The molecule has 2 aromatic heterocycles. The first-order valence-electron chi connectivity index (χ1n) is 3.32. The zero-order valence-electron chi connectivity index (χ0n) is 6.41. The lowest BCUT2D eigenvalue weighted by Gasteiger charge is -1.78. The minimum Gasteiger partial charge on any atom is -0.338 e. The van der Waals surface area contributed by atoms with Gasteiger partial charge in [0.1, 0.15) is 12.7 Å². The van der Waals surface area contributed by atoms with Crippen molar-refractivity contribution in [1.29, 1.82) is 0 Å². The largest absolute Gasteiger partial charge is 0.338 e. The number of imidazole rings is 1. The minimum atomic E-state index is 1.39. The molecule has 0 aliphatic rings. The molecule has 2 N–H and O–H groups in total. The highest BCUT2D eigenvalue weighted by Gasteiger charge is 1.69. The SMILES string of the molecule is Nn1ccnc1.c1cncnc1. The summed E-state index contributed by atoms with van der Waals surface area (Å²) in [7, 11) is 0. The Morgan fingerprint density at radius 1 is 1.00 bits per heavy atom. The Morgan fingerprint density at radius 2 is 1.75 bits per heavy atom. The maximum Gasteiger partial charge on any atom is 0.115 e. The van der Waals surface area contributed by atoms with Gasteiger partial charge in [0, 0.05) is 24.8 Å². The normalized spacial score (nSPS) is 8.33. The second-order valence-electron chi connectivity index (χ2n) is 1.91. The molecule has 0 saturated heterocycles. The molecular formula is C7H9N5. The average molecular weight is 163 g/mol. The summed E-state index contributed by atoms with van der Waals surface area (Å²) < 4.78 is 1.39. The summed E-state index contributed by atoms with van der Waals surface area (Å²) in [5.41, 5.74) is 0. The topological polar surface area (TPSA) is 69.6 Å². The highest BCUT2D eigenvalue weighted by Crippen LogP contribution is 1.69. The lowest BCUT2D eigenvalue weighted by Crippen LogP contribution is -2.02. The molecule has 5 nitrogen and oxygen atoms in total. The molecule has 0 radical (unpaired) electrons. The maximum absolute atomic E-state index is 5.13. The maximum atomic E-state index is 5.13. The Labute approximate surface area is 69.9 Å². The van der Waals surface area contributed by atoms with Crippen LogP contribution in [0.5, 0.6) is 0 Å². The lowest BCUT2D eigenvalue weighted by molar-refractivity contribution is 1.00. The van der Waals surface area contributed by atoms with Gasteiger partial charge in [-0.15, -0.1) is 0 Å². The predicted octanol–water partition coefficient (Wildman–Crippen LogP) is 0.0735. The Bertz CT molecular complexity index is 251. The van der Waals surface area contributed by atoms with Crippen LogP contribution in [0.2, 0.25) is 0 Å². The molecule has 12 heavy (non-hydrogen) atoms. The van der Waals surface area contributed by atoms with Gasteiger partial charge in [-0.25, -0.2) is 15.0 Å². The van der Waals surface area contributed by atoms with E-state index in [1.54, 1.807) is 30.9 Å². The number of hydrogen-bond acceptors (Lipinski definition) is 4. The first-order chi connectivity index (χ1) is 5.89. The Kier molecular flexibility index (Phi) is 3.30. The molecule has 2 aromatic rings. The summed E-state index contributed by atoms with van der Waals surface area (Å²) in [4.78, 5) is 11.0. The van der Waals surface area contributed by atoms with E-state index in [1.165, 1.54) is 17.3 Å². The molecule has 0 aromatic carbocycles. The molecule has 2 heterocycles. The van der Waals surface area contributed by atoms with Crippen LogP contribution >= 0.6 is 0 Å². The van der Waals surface area contributed by atoms with E-state index in [-0.39, 0.29) is 0 Å². The third-order valence-electron chi connectivity index (χ3n) is 1.00. The van der Waals surface area contributed by atoms with Gasteiger partial charge in [-0.2, -0.15) is 0 Å². The molecule has 0 unspecified atom stereocenters. The molecule has 0 spiro atoms. The van der Waals surface area contributed by atoms with Gasteiger partial charge in [0.2, 0.25) is 0 Å². The van der Waals surface area contributed by atoms with Crippen molar-refractivity contribution in [2.24, 2.45) is 0 Å². The highest BCUT2D eigenvalue weighted by atomic mass is 15.3. The minimum absolute atomic E-state index is 1.39. The molecule has 0 aliphatic heterocycles. The lowest BCUT2D eigenvalue weighted by atomic mass is 10.7. The van der Waals surface area contributed by atoms with Crippen LogP contribution in [0.1, 0.15) is 0 Å². The van der Waals surface area contributed by atoms with Crippen molar-refractivity contribution in [3.63, 3.8) is 0 Å². The average Bonchev–Trinajstić information content (AvgIpc) is 2.60. The number of nitrogen functional groups attached to an aromatic ring is 1. The fraction of sp³-hybridized carbons (Fsp3) is 0. The highest BCUT2D eigenvalue weighted by molar-refractivity contribution is 4.74. The van der Waals surface area contributed by atoms with Crippen molar-refractivity contribution in [1.82, 2.24) is 19.6 Å². The molecule has 62 valence electrons. The standard InChI is InChI=1S/C4H4N2.C3H5N3/c1-2-5-4-6-3-1;4-6-2-1-5-3-6/h1-4H;1-3H,4H2. The summed E-state index contributed by atoms with van der Waals surface area (Å²) in [6, 6.07) is 1.78. The van der Waals surface area contributed by atoms with Gasteiger partial charge >= 0.3 is 0 Å². The van der Waals surface area contributed by atoms with Gasteiger partial charge in [-0.3, -0.25) is 4.68 Å². The molecule has 2 rings (SSSR count). The number of aromatic nitrogens is 4. The van der Waals surface area contributed by atoms with Gasteiger partial charge in [0.05, 0.1) is 0 Å². The van der Waals surface area contributed by atoms with E-state index in [9.17, 15) is 0 Å². The number of hydrogen-bond donors (Lipinski definition) is 1. The first-order valence-corrected chi connectivity index (χ1v) is 3.32. The Balaban J connectivity index is 0.000000120. The quantitative estimate of drug-likeness (QED) is 0.558. The molecule has 0 fully saturated rings. The van der Waals surface area contributed by atoms with Crippen LogP contribution in [0.15, 0.2) is 43.5 Å². The van der Waals surface area contributed by atoms with Gasteiger partial charge in [0.25, 0.3) is 0 Å². The molecule has 0 atom stereocenters. The monoisotopic (exact) mass is 163 g/mol. The van der Waals surface area contributed by atoms with Crippen molar-refractivity contribution < 1.29 is 0 Å². The zero-order chi connectivity index (χ0) is 8.65. The van der Waals surface area contributed by atoms with Crippen LogP contribution in [-0.4, -0.2) is 19.6 Å². The molecule has 5 heteroatoms. The fourth-order valence-electron chi connectivity index (χ4n) is 0.523. The third-order valence-corrected chi connectivity index (χ3v) is 1.00. The van der Waals surface area contributed by atoms with Crippen molar-refractivity contribution in [2.45, 2.75) is 0 Å². The van der Waals surface area contributed by atoms with Crippen molar-refractivity contribution in [3.05, 3.63) is 43.5 Å². The smallest absolute Gasteiger partial charge is 0.115 e. The Morgan fingerprint density at radius 3 is 1.92 bits per heavy atom. The predicted molar refractivity (Wildman–Crippen MR) is 44.4 cm³/mol. The molecule has 0 saturated carbocycles. The summed E-state index contributed by atoms with van der Waals surface area (Å²) in [6.07, 6.45) is 9.69. The van der Waals surface area contributed by atoms with Crippen molar-refractivity contribution in [2.75, 3.05) is 5.84 Å². The van der Waals surface area contributed by atoms with E-state index >= 15 is 0 Å². The van der Waals surface area contributed by atoms with Gasteiger partial charge in [-0.1, -0.05) is 0 Å². The van der Waals surface area contributed by atoms with Crippen LogP contribution in [0.4, 0.5) is 0 Å².